The Morgan fingerprint density at radius 2 is 1.22 bits per heavy atom. The number of para-hydroxylation sites is 2. The van der Waals surface area contributed by atoms with Crippen molar-refractivity contribution in [3.63, 3.8) is 0 Å². The molecule has 3 aromatic rings. The van der Waals surface area contributed by atoms with Crippen LogP contribution in [-0.2, 0) is 6.54 Å². The summed E-state index contributed by atoms with van der Waals surface area (Å²) >= 11 is 0. The minimum Gasteiger partial charge on any atom is -0.478 e. The first kappa shape index (κ1) is 14.9. The predicted molar refractivity (Wildman–Crippen MR) is 92.1 cm³/mol. The fourth-order valence-corrected chi connectivity index (χ4v) is 2.58. The fourth-order valence-electron chi connectivity index (χ4n) is 2.58. The number of anilines is 2. The van der Waals surface area contributed by atoms with Gasteiger partial charge in [-0.2, -0.15) is 0 Å². The minimum absolute atomic E-state index is 0.337. The van der Waals surface area contributed by atoms with E-state index in [0.29, 0.717) is 12.1 Å². The summed E-state index contributed by atoms with van der Waals surface area (Å²) in [5.74, 6) is -0.901. The molecule has 3 rings (SSSR count). The Hall–Kier alpha value is -3.07. The fraction of sp³-hybridized carbons (Fsp3) is 0.0500. The molecule has 0 aliphatic rings. The van der Waals surface area contributed by atoms with Gasteiger partial charge in [0.15, 0.2) is 0 Å². The number of carboxylic acid groups (broad SMARTS) is 1. The van der Waals surface area contributed by atoms with Gasteiger partial charge in [-0.05, 0) is 35.9 Å². The lowest BCUT2D eigenvalue weighted by molar-refractivity contribution is 0.0695. The Labute approximate surface area is 135 Å². The molecule has 0 atom stereocenters. The molecule has 0 aliphatic heterocycles. The van der Waals surface area contributed by atoms with E-state index in [-0.39, 0.29) is 0 Å². The molecule has 3 heteroatoms. The molecule has 0 aromatic heterocycles. The molecule has 0 unspecified atom stereocenters. The third kappa shape index (κ3) is 3.40. The van der Waals surface area contributed by atoms with Crippen molar-refractivity contribution in [2.45, 2.75) is 6.54 Å². The van der Waals surface area contributed by atoms with E-state index in [1.165, 1.54) is 0 Å². The highest BCUT2D eigenvalue weighted by atomic mass is 16.4. The maximum Gasteiger partial charge on any atom is 0.336 e. The zero-order valence-corrected chi connectivity index (χ0v) is 12.6. The first-order valence-corrected chi connectivity index (χ1v) is 7.44. The standard InChI is InChI=1S/C20H17NO2/c22-20(23)19-14-8-7-9-16(19)15-21(17-10-3-1-4-11-17)18-12-5-2-6-13-18/h1-14H,15H2,(H,22,23). The maximum absolute atomic E-state index is 11.5. The maximum atomic E-state index is 11.5. The second-order valence-electron chi connectivity index (χ2n) is 5.22. The predicted octanol–water partition coefficient (Wildman–Crippen LogP) is 4.72. The number of carbonyl (C=O) groups is 1. The van der Waals surface area contributed by atoms with Crippen LogP contribution in [0.1, 0.15) is 15.9 Å². The smallest absolute Gasteiger partial charge is 0.336 e. The Morgan fingerprint density at radius 1 is 0.739 bits per heavy atom. The van der Waals surface area contributed by atoms with E-state index in [2.05, 4.69) is 4.90 Å². The number of benzene rings is 3. The largest absolute Gasteiger partial charge is 0.478 e. The van der Waals surface area contributed by atoms with Crippen LogP contribution in [0, 0.1) is 0 Å². The summed E-state index contributed by atoms with van der Waals surface area (Å²) in [6.45, 7) is 0.497. The summed E-state index contributed by atoms with van der Waals surface area (Å²) in [5, 5.41) is 9.40. The Balaban J connectivity index is 2.02. The van der Waals surface area contributed by atoms with Crippen molar-refractivity contribution < 1.29 is 9.90 Å². The van der Waals surface area contributed by atoms with Gasteiger partial charge in [-0.25, -0.2) is 4.79 Å². The quantitative estimate of drug-likeness (QED) is 0.741. The highest BCUT2D eigenvalue weighted by Crippen LogP contribution is 2.28. The van der Waals surface area contributed by atoms with E-state index in [4.69, 9.17) is 0 Å². The lowest BCUT2D eigenvalue weighted by Gasteiger charge is -2.26. The Bertz CT molecular complexity index is 746. The molecule has 0 spiro atoms. The molecule has 0 saturated carbocycles. The van der Waals surface area contributed by atoms with E-state index in [1.807, 2.05) is 72.8 Å². The molecule has 0 heterocycles. The van der Waals surface area contributed by atoms with Gasteiger partial charge < -0.3 is 10.0 Å². The normalized spacial score (nSPS) is 10.3. The molecule has 0 aliphatic carbocycles. The summed E-state index contributed by atoms with van der Waals surface area (Å²) in [6.07, 6.45) is 0. The van der Waals surface area contributed by atoms with E-state index >= 15 is 0 Å². The molecule has 3 nitrogen and oxygen atoms in total. The molecule has 3 aromatic carbocycles. The lowest BCUT2D eigenvalue weighted by Crippen LogP contribution is -2.18. The summed E-state index contributed by atoms with van der Waals surface area (Å²) in [7, 11) is 0. The first-order valence-electron chi connectivity index (χ1n) is 7.44. The molecule has 114 valence electrons. The van der Waals surface area contributed by atoms with E-state index < -0.39 is 5.97 Å². The van der Waals surface area contributed by atoms with Crippen LogP contribution < -0.4 is 4.90 Å². The van der Waals surface area contributed by atoms with Gasteiger partial charge in [0.1, 0.15) is 0 Å². The van der Waals surface area contributed by atoms with Crippen molar-refractivity contribution >= 4 is 17.3 Å². The highest BCUT2D eigenvalue weighted by Gasteiger charge is 2.14. The zero-order chi connectivity index (χ0) is 16.1. The minimum atomic E-state index is -0.901. The van der Waals surface area contributed by atoms with E-state index in [9.17, 15) is 9.90 Å². The van der Waals surface area contributed by atoms with Gasteiger partial charge in [0, 0.05) is 17.9 Å². The summed E-state index contributed by atoms with van der Waals surface area (Å²) in [4.78, 5) is 13.6. The van der Waals surface area contributed by atoms with Crippen molar-refractivity contribution in [1.82, 2.24) is 0 Å². The monoisotopic (exact) mass is 303 g/mol. The topological polar surface area (TPSA) is 40.5 Å². The van der Waals surface area contributed by atoms with Crippen LogP contribution in [-0.4, -0.2) is 11.1 Å². The van der Waals surface area contributed by atoms with Crippen LogP contribution in [0.25, 0.3) is 0 Å². The molecular weight excluding hydrogens is 286 g/mol. The van der Waals surface area contributed by atoms with Crippen molar-refractivity contribution in [3.8, 4) is 0 Å². The highest BCUT2D eigenvalue weighted by molar-refractivity contribution is 5.89. The zero-order valence-electron chi connectivity index (χ0n) is 12.6. The number of rotatable bonds is 5. The van der Waals surface area contributed by atoms with Crippen LogP contribution in [0.4, 0.5) is 11.4 Å². The molecule has 23 heavy (non-hydrogen) atoms. The molecule has 0 fully saturated rings. The average Bonchev–Trinajstić information content (AvgIpc) is 2.61. The molecule has 0 saturated heterocycles. The first-order chi connectivity index (χ1) is 11.3. The van der Waals surface area contributed by atoms with Crippen LogP contribution in [0.3, 0.4) is 0 Å². The summed E-state index contributed by atoms with van der Waals surface area (Å²) < 4.78 is 0. The van der Waals surface area contributed by atoms with Gasteiger partial charge in [0.05, 0.1) is 5.56 Å². The van der Waals surface area contributed by atoms with Gasteiger partial charge in [-0.1, -0.05) is 54.6 Å². The number of hydrogen-bond donors (Lipinski definition) is 1. The van der Waals surface area contributed by atoms with Crippen LogP contribution in [0.5, 0.6) is 0 Å². The number of carboxylic acids is 1. The van der Waals surface area contributed by atoms with Crippen LogP contribution in [0.15, 0.2) is 84.9 Å². The summed E-state index contributed by atoms with van der Waals surface area (Å²) in [6, 6.07) is 27.1. The van der Waals surface area contributed by atoms with Crippen molar-refractivity contribution in [1.29, 1.82) is 0 Å². The van der Waals surface area contributed by atoms with Crippen LogP contribution >= 0.6 is 0 Å². The van der Waals surface area contributed by atoms with Crippen molar-refractivity contribution in [3.05, 3.63) is 96.1 Å². The lowest BCUT2D eigenvalue weighted by atomic mass is 10.1. The van der Waals surface area contributed by atoms with Gasteiger partial charge in [0.2, 0.25) is 0 Å². The number of hydrogen-bond acceptors (Lipinski definition) is 2. The molecule has 0 bridgehead atoms. The average molecular weight is 303 g/mol. The molecule has 1 N–H and O–H groups in total. The van der Waals surface area contributed by atoms with Crippen molar-refractivity contribution in [2.24, 2.45) is 0 Å². The molecular formula is C20H17NO2. The molecule has 0 amide bonds. The molecule has 0 radical (unpaired) electrons. The number of nitrogens with zero attached hydrogens (tertiary/aromatic N) is 1. The number of aromatic carboxylic acids is 1. The van der Waals surface area contributed by atoms with Gasteiger partial charge in [-0.3, -0.25) is 0 Å². The third-order valence-corrected chi connectivity index (χ3v) is 3.71. The summed E-state index contributed by atoms with van der Waals surface area (Å²) in [5.41, 5.74) is 3.18. The van der Waals surface area contributed by atoms with Crippen LogP contribution in [0.2, 0.25) is 0 Å². The Morgan fingerprint density at radius 3 is 1.74 bits per heavy atom. The van der Waals surface area contributed by atoms with E-state index in [1.54, 1.807) is 12.1 Å². The second-order valence-corrected chi connectivity index (χ2v) is 5.22. The third-order valence-electron chi connectivity index (χ3n) is 3.71. The second kappa shape index (κ2) is 6.79. The Kier molecular flexibility index (Phi) is 4.39. The van der Waals surface area contributed by atoms with Gasteiger partial charge in [-0.15, -0.1) is 0 Å². The SMILES string of the molecule is O=C(O)c1ccccc1CN(c1ccccc1)c1ccccc1. The van der Waals surface area contributed by atoms with Crippen molar-refractivity contribution in [2.75, 3.05) is 4.90 Å². The van der Waals surface area contributed by atoms with E-state index in [0.717, 1.165) is 16.9 Å². The van der Waals surface area contributed by atoms with Gasteiger partial charge >= 0.3 is 5.97 Å². The van der Waals surface area contributed by atoms with Gasteiger partial charge in [0.25, 0.3) is 0 Å².